The number of ether oxygens (including phenoxy) is 1. The average Bonchev–Trinajstić information content (AvgIpc) is 2.79. The maximum absolute atomic E-state index is 12.6. The standard InChI is InChI=1S/C23H23BrN4O2/c1-30-20-7-5-16(6-8-20)21-14-22(26-15-25-21)28-11-9-17(10-12-28)23(29)27-19-4-2-3-18(24)13-19/h2-8,13-15,17H,9-12H2,1H3,(H,27,29). The number of nitrogens with one attached hydrogen (secondary N) is 1. The van der Waals surface area contributed by atoms with Crippen LogP contribution >= 0.6 is 15.9 Å². The Hall–Kier alpha value is -2.93. The minimum atomic E-state index is 0.00290. The summed E-state index contributed by atoms with van der Waals surface area (Å²) >= 11 is 3.44. The van der Waals surface area contributed by atoms with Crippen LogP contribution in [0.4, 0.5) is 11.5 Å². The molecule has 30 heavy (non-hydrogen) atoms. The number of hydrogen-bond acceptors (Lipinski definition) is 5. The van der Waals surface area contributed by atoms with E-state index in [-0.39, 0.29) is 11.8 Å². The highest BCUT2D eigenvalue weighted by Crippen LogP contribution is 2.27. The summed E-state index contributed by atoms with van der Waals surface area (Å²) in [6.07, 6.45) is 3.18. The number of carbonyl (C=O) groups is 1. The van der Waals surface area contributed by atoms with Gasteiger partial charge in [0.15, 0.2) is 0 Å². The van der Waals surface area contributed by atoms with Gasteiger partial charge in [0.25, 0.3) is 0 Å². The zero-order chi connectivity index (χ0) is 20.9. The van der Waals surface area contributed by atoms with Gasteiger partial charge in [-0.2, -0.15) is 0 Å². The number of methoxy groups -OCH3 is 1. The first kappa shape index (κ1) is 20.3. The molecule has 0 unspecified atom stereocenters. The lowest BCUT2D eigenvalue weighted by molar-refractivity contribution is -0.120. The predicted molar refractivity (Wildman–Crippen MR) is 122 cm³/mol. The van der Waals surface area contributed by atoms with Crippen LogP contribution < -0.4 is 15.0 Å². The van der Waals surface area contributed by atoms with Crippen molar-refractivity contribution in [3.63, 3.8) is 0 Å². The van der Waals surface area contributed by atoms with Gasteiger partial charge in [-0.1, -0.05) is 22.0 Å². The lowest BCUT2D eigenvalue weighted by Crippen LogP contribution is -2.38. The molecule has 1 saturated heterocycles. The molecule has 0 radical (unpaired) electrons. The molecule has 7 heteroatoms. The van der Waals surface area contributed by atoms with Crippen molar-refractivity contribution in [2.24, 2.45) is 5.92 Å². The molecule has 0 atom stereocenters. The van der Waals surface area contributed by atoms with Gasteiger partial charge >= 0.3 is 0 Å². The molecule has 1 aromatic heterocycles. The molecule has 0 bridgehead atoms. The molecule has 1 amide bonds. The number of anilines is 2. The van der Waals surface area contributed by atoms with Crippen molar-refractivity contribution in [1.29, 1.82) is 0 Å². The van der Waals surface area contributed by atoms with Gasteiger partial charge in [-0.05, 0) is 55.3 Å². The molecule has 4 rings (SSSR count). The van der Waals surface area contributed by atoms with Crippen molar-refractivity contribution >= 4 is 33.3 Å². The molecule has 3 aromatic rings. The third kappa shape index (κ3) is 4.79. The summed E-state index contributed by atoms with van der Waals surface area (Å²) in [5, 5.41) is 3.02. The fourth-order valence-corrected chi connectivity index (χ4v) is 4.02. The summed E-state index contributed by atoms with van der Waals surface area (Å²) in [5.41, 5.74) is 2.71. The first-order chi connectivity index (χ1) is 14.6. The number of carbonyl (C=O) groups excluding carboxylic acids is 1. The van der Waals surface area contributed by atoms with E-state index in [1.165, 1.54) is 0 Å². The van der Waals surface area contributed by atoms with Gasteiger partial charge in [0, 0.05) is 40.8 Å². The molecule has 0 spiro atoms. The number of hydrogen-bond donors (Lipinski definition) is 1. The van der Waals surface area contributed by atoms with Gasteiger partial charge in [0.1, 0.15) is 17.9 Å². The lowest BCUT2D eigenvalue weighted by Gasteiger charge is -2.32. The molecule has 0 aliphatic carbocycles. The Bertz CT molecular complexity index is 1020. The number of nitrogens with zero attached hydrogens (tertiary/aromatic N) is 3. The van der Waals surface area contributed by atoms with Gasteiger partial charge in [-0.25, -0.2) is 9.97 Å². The van der Waals surface area contributed by atoms with Crippen molar-refractivity contribution in [3.05, 3.63) is 65.4 Å². The number of benzene rings is 2. The third-order valence-corrected chi connectivity index (χ3v) is 5.81. The summed E-state index contributed by atoms with van der Waals surface area (Å²) in [7, 11) is 1.65. The maximum Gasteiger partial charge on any atom is 0.227 e. The summed E-state index contributed by atoms with van der Waals surface area (Å²) in [5.74, 6) is 1.79. The van der Waals surface area contributed by atoms with Crippen LogP contribution in [0.1, 0.15) is 12.8 Å². The van der Waals surface area contributed by atoms with E-state index in [4.69, 9.17) is 4.74 Å². The summed E-state index contributed by atoms with van der Waals surface area (Å²) in [6, 6.07) is 17.5. The number of halogens is 1. The smallest absolute Gasteiger partial charge is 0.227 e. The molecule has 1 aliphatic rings. The highest BCUT2D eigenvalue weighted by molar-refractivity contribution is 9.10. The molecule has 1 N–H and O–H groups in total. The van der Waals surface area contributed by atoms with E-state index >= 15 is 0 Å². The van der Waals surface area contributed by atoms with Crippen LogP contribution in [0.15, 0.2) is 65.4 Å². The summed E-state index contributed by atoms with van der Waals surface area (Å²) < 4.78 is 6.17. The third-order valence-electron chi connectivity index (χ3n) is 5.32. The van der Waals surface area contributed by atoms with Crippen molar-refractivity contribution in [3.8, 4) is 17.0 Å². The molecular weight excluding hydrogens is 444 g/mol. The Balaban J connectivity index is 1.38. The molecule has 6 nitrogen and oxygen atoms in total. The highest BCUT2D eigenvalue weighted by Gasteiger charge is 2.26. The van der Waals surface area contributed by atoms with E-state index in [2.05, 4.69) is 36.1 Å². The summed E-state index contributed by atoms with van der Waals surface area (Å²) in [6.45, 7) is 1.57. The maximum atomic E-state index is 12.6. The van der Waals surface area contributed by atoms with Crippen LogP contribution in [0.25, 0.3) is 11.3 Å². The minimum Gasteiger partial charge on any atom is -0.497 e. The van der Waals surface area contributed by atoms with E-state index in [0.717, 1.165) is 58.9 Å². The van der Waals surface area contributed by atoms with E-state index in [0.29, 0.717) is 0 Å². The molecule has 1 fully saturated rings. The van der Waals surface area contributed by atoms with Crippen molar-refractivity contribution in [1.82, 2.24) is 9.97 Å². The molecule has 154 valence electrons. The van der Waals surface area contributed by atoms with E-state index in [1.807, 2.05) is 54.6 Å². The zero-order valence-electron chi connectivity index (χ0n) is 16.7. The van der Waals surface area contributed by atoms with Crippen LogP contribution in [0, 0.1) is 5.92 Å². The first-order valence-corrected chi connectivity index (χ1v) is 10.7. The molecule has 2 heterocycles. The van der Waals surface area contributed by atoms with Crippen LogP contribution in [-0.2, 0) is 4.79 Å². The van der Waals surface area contributed by atoms with E-state index < -0.39 is 0 Å². The van der Waals surface area contributed by atoms with E-state index in [1.54, 1.807) is 13.4 Å². The normalized spacial score (nSPS) is 14.4. The second-order valence-electron chi connectivity index (χ2n) is 7.25. The molecule has 0 saturated carbocycles. The van der Waals surface area contributed by atoms with E-state index in [9.17, 15) is 4.79 Å². The molecule has 1 aliphatic heterocycles. The van der Waals surface area contributed by atoms with Crippen molar-refractivity contribution in [2.45, 2.75) is 12.8 Å². The van der Waals surface area contributed by atoms with Crippen LogP contribution in [0.5, 0.6) is 5.75 Å². The topological polar surface area (TPSA) is 67.3 Å². The zero-order valence-corrected chi connectivity index (χ0v) is 18.3. The fourth-order valence-electron chi connectivity index (χ4n) is 3.62. The van der Waals surface area contributed by atoms with Gasteiger partial charge in [-0.3, -0.25) is 4.79 Å². The second kappa shape index (κ2) is 9.26. The number of piperidine rings is 1. The average molecular weight is 467 g/mol. The first-order valence-electron chi connectivity index (χ1n) is 9.90. The second-order valence-corrected chi connectivity index (χ2v) is 8.17. The van der Waals surface area contributed by atoms with Gasteiger partial charge < -0.3 is 15.0 Å². The van der Waals surface area contributed by atoms with Gasteiger partial charge in [0.05, 0.1) is 12.8 Å². The monoisotopic (exact) mass is 466 g/mol. The van der Waals surface area contributed by atoms with Crippen LogP contribution in [-0.4, -0.2) is 36.1 Å². The fraction of sp³-hybridized carbons (Fsp3) is 0.261. The van der Waals surface area contributed by atoms with Crippen molar-refractivity contribution in [2.75, 3.05) is 30.4 Å². The number of aromatic nitrogens is 2. The minimum absolute atomic E-state index is 0.00290. The van der Waals surface area contributed by atoms with Gasteiger partial charge in [-0.15, -0.1) is 0 Å². The van der Waals surface area contributed by atoms with Gasteiger partial charge in [0.2, 0.25) is 5.91 Å². The quantitative estimate of drug-likeness (QED) is 0.586. The SMILES string of the molecule is COc1ccc(-c2cc(N3CCC(C(=O)Nc4cccc(Br)c4)CC3)ncn2)cc1. The Kier molecular flexibility index (Phi) is 6.28. The molecular formula is C23H23BrN4O2. The highest BCUT2D eigenvalue weighted by atomic mass is 79.9. The summed E-state index contributed by atoms with van der Waals surface area (Å²) in [4.78, 5) is 23.7. The Morgan fingerprint density at radius 1 is 1.10 bits per heavy atom. The largest absolute Gasteiger partial charge is 0.497 e. The Morgan fingerprint density at radius 3 is 2.57 bits per heavy atom. The Labute approximate surface area is 184 Å². The Morgan fingerprint density at radius 2 is 1.87 bits per heavy atom. The lowest BCUT2D eigenvalue weighted by atomic mass is 9.95. The number of amides is 1. The molecule has 2 aromatic carbocycles. The van der Waals surface area contributed by atoms with Crippen molar-refractivity contribution < 1.29 is 9.53 Å². The predicted octanol–water partition coefficient (Wildman–Crippen LogP) is 4.77. The van der Waals surface area contributed by atoms with Crippen LogP contribution in [0.3, 0.4) is 0 Å². The number of rotatable bonds is 5. The van der Waals surface area contributed by atoms with Crippen LogP contribution in [0.2, 0.25) is 0 Å².